The Labute approximate surface area is 148 Å². The summed E-state index contributed by atoms with van der Waals surface area (Å²) in [5.74, 6) is 2.49. The first kappa shape index (κ1) is 17.4. The maximum atomic E-state index is 5.65. The van der Waals surface area contributed by atoms with Crippen LogP contribution in [0.3, 0.4) is 0 Å². The van der Waals surface area contributed by atoms with Gasteiger partial charge in [0.2, 0.25) is 0 Å². The van der Waals surface area contributed by atoms with Gasteiger partial charge in [-0.25, -0.2) is 9.97 Å². The van der Waals surface area contributed by atoms with Crippen LogP contribution in [0.25, 0.3) is 0 Å². The van der Waals surface area contributed by atoms with Crippen LogP contribution in [-0.4, -0.2) is 67.4 Å². The number of anilines is 2. The number of nitrogens with one attached hydrogen (secondary N) is 2. The molecular weight excluding hydrogens is 318 g/mol. The molecule has 2 N–H and O–H groups in total. The summed E-state index contributed by atoms with van der Waals surface area (Å²) < 4.78 is 11.0. The van der Waals surface area contributed by atoms with Gasteiger partial charge < -0.3 is 20.1 Å². The third kappa shape index (κ3) is 6.21. The molecular formula is C18H25N5O2. The molecule has 1 aliphatic rings. The Morgan fingerprint density at radius 1 is 1.00 bits per heavy atom. The topological polar surface area (TPSA) is 71.5 Å². The lowest BCUT2D eigenvalue weighted by Crippen LogP contribution is -2.39. The fraction of sp³-hybridized carbons (Fsp3) is 0.444. The van der Waals surface area contributed by atoms with Crippen molar-refractivity contribution in [1.29, 1.82) is 0 Å². The smallest absolute Gasteiger partial charge is 0.131 e. The van der Waals surface area contributed by atoms with Crippen molar-refractivity contribution in [1.82, 2.24) is 14.9 Å². The molecule has 2 heterocycles. The van der Waals surface area contributed by atoms with Crippen molar-refractivity contribution in [2.45, 2.75) is 0 Å². The lowest BCUT2D eigenvalue weighted by Gasteiger charge is -2.26. The van der Waals surface area contributed by atoms with Crippen molar-refractivity contribution < 1.29 is 9.47 Å². The van der Waals surface area contributed by atoms with Gasteiger partial charge in [0.1, 0.15) is 30.3 Å². The zero-order chi connectivity index (χ0) is 17.2. The van der Waals surface area contributed by atoms with Crippen LogP contribution in [0.15, 0.2) is 42.7 Å². The molecule has 0 unspecified atom stereocenters. The number of nitrogens with zero attached hydrogens (tertiary/aromatic N) is 3. The summed E-state index contributed by atoms with van der Waals surface area (Å²) in [5.41, 5.74) is 0. The first-order valence-electron chi connectivity index (χ1n) is 8.68. The van der Waals surface area contributed by atoms with Gasteiger partial charge in [0.25, 0.3) is 0 Å². The molecule has 1 fully saturated rings. The zero-order valence-corrected chi connectivity index (χ0v) is 14.4. The van der Waals surface area contributed by atoms with E-state index in [4.69, 9.17) is 9.47 Å². The number of para-hydroxylation sites is 1. The molecule has 0 amide bonds. The number of ether oxygens (including phenoxy) is 2. The third-order valence-electron chi connectivity index (χ3n) is 3.93. The molecule has 0 aliphatic carbocycles. The van der Waals surface area contributed by atoms with Crippen LogP contribution < -0.4 is 15.4 Å². The molecule has 1 saturated heterocycles. The van der Waals surface area contributed by atoms with E-state index in [-0.39, 0.29) is 0 Å². The SMILES string of the molecule is c1ccc(OCCNc2cc(NCCN3CCOCC3)ncn2)cc1. The van der Waals surface area contributed by atoms with E-state index in [1.165, 1.54) is 0 Å². The summed E-state index contributed by atoms with van der Waals surface area (Å²) >= 11 is 0. The van der Waals surface area contributed by atoms with E-state index in [0.29, 0.717) is 13.2 Å². The standard InChI is InChI=1S/C18H25N5O2/c1-2-4-16(5-3-1)25-11-7-20-18-14-17(21-15-22-18)19-6-8-23-9-12-24-13-10-23/h1-5,14-15H,6-13H2,(H2,19,20,21,22). The van der Waals surface area contributed by atoms with Gasteiger partial charge in [-0.1, -0.05) is 18.2 Å². The van der Waals surface area contributed by atoms with Crippen molar-refractivity contribution in [3.8, 4) is 5.75 Å². The van der Waals surface area contributed by atoms with Crippen molar-refractivity contribution in [2.75, 3.05) is 63.2 Å². The Kier molecular flexibility index (Phi) is 6.84. The molecule has 0 radical (unpaired) electrons. The van der Waals surface area contributed by atoms with Crippen LogP contribution in [-0.2, 0) is 4.74 Å². The molecule has 0 bridgehead atoms. The van der Waals surface area contributed by atoms with Crippen LogP contribution in [0.1, 0.15) is 0 Å². The van der Waals surface area contributed by atoms with Crippen molar-refractivity contribution in [2.24, 2.45) is 0 Å². The van der Waals surface area contributed by atoms with E-state index in [0.717, 1.165) is 56.8 Å². The third-order valence-corrected chi connectivity index (χ3v) is 3.93. The van der Waals surface area contributed by atoms with Gasteiger partial charge in [0.05, 0.1) is 19.8 Å². The summed E-state index contributed by atoms with van der Waals surface area (Å²) in [4.78, 5) is 10.9. The number of aromatic nitrogens is 2. The monoisotopic (exact) mass is 343 g/mol. The Morgan fingerprint density at radius 3 is 2.48 bits per heavy atom. The first-order valence-corrected chi connectivity index (χ1v) is 8.68. The molecule has 25 heavy (non-hydrogen) atoms. The minimum Gasteiger partial charge on any atom is -0.492 e. The van der Waals surface area contributed by atoms with E-state index in [2.05, 4.69) is 25.5 Å². The Morgan fingerprint density at radius 2 is 1.72 bits per heavy atom. The largest absolute Gasteiger partial charge is 0.492 e. The highest BCUT2D eigenvalue weighted by Gasteiger charge is 2.09. The number of rotatable bonds is 9. The quantitative estimate of drug-likeness (QED) is 0.672. The molecule has 7 heteroatoms. The van der Waals surface area contributed by atoms with E-state index in [1.807, 2.05) is 36.4 Å². The highest BCUT2D eigenvalue weighted by atomic mass is 16.5. The van der Waals surface area contributed by atoms with Crippen LogP contribution in [0, 0.1) is 0 Å². The number of hydrogen-bond donors (Lipinski definition) is 2. The molecule has 2 aromatic rings. The Hall–Kier alpha value is -2.38. The summed E-state index contributed by atoms with van der Waals surface area (Å²) in [7, 11) is 0. The predicted octanol–water partition coefficient (Wildman–Crippen LogP) is 1.71. The van der Waals surface area contributed by atoms with Gasteiger partial charge in [-0.05, 0) is 12.1 Å². The second-order valence-electron chi connectivity index (χ2n) is 5.76. The van der Waals surface area contributed by atoms with E-state index in [1.54, 1.807) is 6.33 Å². The van der Waals surface area contributed by atoms with E-state index < -0.39 is 0 Å². The average molecular weight is 343 g/mol. The van der Waals surface area contributed by atoms with Gasteiger partial charge in [-0.3, -0.25) is 4.90 Å². The van der Waals surface area contributed by atoms with Gasteiger partial charge in [0.15, 0.2) is 0 Å². The van der Waals surface area contributed by atoms with Crippen molar-refractivity contribution >= 4 is 11.6 Å². The molecule has 1 aromatic carbocycles. The predicted molar refractivity (Wildman–Crippen MR) is 98.2 cm³/mol. The summed E-state index contributed by atoms with van der Waals surface area (Å²) in [5, 5.41) is 6.60. The summed E-state index contributed by atoms with van der Waals surface area (Å²) in [6, 6.07) is 11.7. The van der Waals surface area contributed by atoms with Crippen LogP contribution >= 0.6 is 0 Å². The maximum Gasteiger partial charge on any atom is 0.131 e. The lowest BCUT2D eigenvalue weighted by molar-refractivity contribution is 0.0398. The number of hydrogen-bond acceptors (Lipinski definition) is 7. The van der Waals surface area contributed by atoms with Crippen LogP contribution in [0.4, 0.5) is 11.6 Å². The molecule has 0 spiro atoms. The molecule has 3 rings (SSSR count). The second kappa shape index (κ2) is 9.80. The second-order valence-corrected chi connectivity index (χ2v) is 5.76. The van der Waals surface area contributed by atoms with E-state index >= 15 is 0 Å². The highest BCUT2D eigenvalue weighted by molar-refractivity contribution is 5.46. The van der Waals surface area contributed by atoms with Gasteiger partial charge in [-0.2, -0.15) is 0 Å². The maximum absolute atomic E-state index is 5.65. The summed E-state index contributed by atoms with van der Waals surface area (Å²) in [6.45, 7) is 6.75. The fourth-order valence-electron chi connectivity index (χ4n) is 2.58. The first-order chi connectivity index (χ1) is 12.4. The molecule has 0 saturated carbocycles. The Bertz CT molecular complexity index is 620. The highest BCUT2D eigenvalue weighted by Crippen LogP contribution is 2.10. The normalized spacial score (nSPS) is 14.9. The van der Waals surface area contributed by atoms with Crippen molar-refractivity contribution in [3.05, 3.63) is 42.7 Å². The number of benzene rings is 1. The van der Waals surface area contributed by atoms with Crippen LogP contribution in [0.2, 0.25) is 0 Å². The molecule has 7 nitrogen and oxygen atoms in total. The summed E-state index contributed by atoms with van der Waals surface area (Å²) in [6.07, 6.45) is 1.57. The lowest BCUT2D eigenvalue weighted by atomic mass is 10.3. The fourth-order valence-corrected chi connectivity index (χ4v) is 2.58. The minimum atomic E-state index is 0.577. The molecule has 0 atom stereocenters. The number of morpholine rings is 1. The molecule has 1 aromatic heterocycles. The minimum absolute atomic E-state index is 0.577. The van der Waals surface area contributed by atoms with E-state index in [9.17, 15) is 0 Å². The van der Waals surface area contributed by atoms with Gasteiger partial charge in [0, 0.05) is 32.2 Å². The molecule has 1 aliphatic heterocycles. The van der Waals surface area contributed by atoms with Crippen molar-refractivity contribution in [3.63, 3.8) is 0 Å². The van der Waals surface area contributed by atoms with Gasteiger partial charge >= 0.3 is 0 Å². The molecule has 134 valence electrons. The zero-order valence-electron chi connectivity index (χ0n) is 14.4. The van der Waals surface area contributed by atoms with Crippen LogP contribution in [0.5, 0.6) is 5.75 Å². The van der Waals surface area contributed by atoms with Gasteiger partial charge in [-0.15, -0.1) is 0 Å². The Balaban J connectivity index is 1.35. The average Bonchev–Trinajstić information content (AvgIpc) is 2.67.